The quantitative estimate of drug-likeness (QED) is 0.272. The van der Waals surface area contributed by atoms with E-state index in [4.69, 9.17) is 14.6 Å². The number of fused-ring (bicyclic) bond motifs is 1. The number of hydrogen-bond acceptors (Lipinski definition) is 6. The first-order valence-corrected chi connectivity index (χ1v) is 12.3. The molecule has 0 saturated carbocycles. The van der Waals surface area contributed by atoms with Crippen molar-refractivity contribution < 1.29 is 29.0 Å². The third kappa shape index (κ3) is 5.20. The molecule has 0 unspecified atom stereocenters. The molecule has 0 spiro atoms. The zero-order valence-electron chi connectivity index (χ0n) is 18.1. The van der Waals surface area contributed by atoms with E-state index in [0.29, 0.717) is 32.1 Å². The summed E-state index contributed by atoms with van der Waals surface area (Å²) < 4.78 is 11.6. The molecule has 0 aromatic heterocycles. The van der Waals surface area contributed by atoms with Gasteiger partial charge < -0.3 is 14.6 Å². The van der Waals surface area contributed by atoms with Gasteiger partial charge in [0.25, 0.3) is 11.1 Å². The lowest BCUT2D eigenvalue weighted by Crippen LogP contribution is -2.27. The van der Waals surface area contributed by atoms with Crippen LogP contribution in [0.1, 0.15) is 18.1 Å². The molecule has 1 aliphatic heterocycles. The number of carboxylic acid groups (broad SMARTS) is 1. The van der Waals surface area contributed by atoms with Gasteiger partial charge in [0.1, 0.15) is 0 Å². The maximum atomic E-state index is 13.1. The second-order valence-corrected chi connectivity index (χ2v) is 9.51. The van der Waals surface area contributed by atoms with E-state index in [1.165, 1.54) is 4.90 Å². The molecule has 2 amide bonds. The highest BCUT2D eigenvalue weighted by Crippen LogP contribution is 2.38. The predicted molar refractivity (Wildman–Crippen MR) is 139 cm³/mol. The SMILES string of the molecule is CCOc1cc(/C=C2\SC(=O)N(Cc3cccc4ccccc34)C2=O)cc(I)c1OCC(=O)O. The average molecular weight is 589 g/mol. The van der Waals surface area contributed by atoms with Crippen LogP contribution in [0.15, 0.2) is 59.5 Å². The molecule has 7 nitrogen and oxygen atoms in total. The van der Waals surface area contributed by atoms with E-state index in [2.05, 4.69) is 0 Å². The van der Waals surface area contributed by atoms with E-state index in [0.717, 1.165) is 28.1 Å². The molecule has 0 aliphatic carbocycles. The number of nitrogens with zero attached hydrogens (tertiary/aromatic N) is 1. The molecule has 34 heavy (non-hydrogen) atoms. The molecule has 4 rings (SSSR count). The molecule has 9 heteroatoms. The van der Waals surface area contributed by atoms with Gasteiger partial charge in [0.15, 0.2) is 18.1 Å². The smallest absolute Gasteiger partial charge is 0.341 e. The van der Waals surface area contributed by atoms with Crippen LogP contribution in [0, 0.1) is 3.57 Å². The van der Waals surface area contributed by atoms with Crippen molar-refractivity contribution in [3.8, 4) is 11.5 Å². The number of ether oxygens (including phenoxy) is 2. The highest BCUT2D eigenvalue weighted by Gasteiger charge is 2.35. The Kier molecular flexibility index (Phi) is 7.42. The number of carbonyl (C=O) groups excluding carboxylic acids is 2. The minimum atomic E-state index is -1.10. The van der Waals surface area contributed by atoms with Crippen LogP contribution in [-0.4, -0.2) is 40.3 Å². The van der Waals surface area contributed by atoms with Crippen LogP contribution in [0.3, 0.4) is 0 Å². The minimum absolute atomic E-state index is 0.188. The van der Waals surface area contributed by atoms with Gasteiger partial charge >= 0.3 is 5.97 Å². The van der Waals surface area contributed by atoms with E-state index < -0.39 is 12.6 Å². The van der Waals surface area contributed by atoms with E-state index in [9.17, 15) is 14.4 Å². The number of aliphatic carboxylic acids is 1. The maximum absolute atomic E-state index is 13.1. The molecule has 1 aliphatic rings. The highest BCUT2D eigenvalue weighted by atomic mass is 127. The Balaban J connectivity index is 1.61. The standard InChI is InChI=1S/C25H20INO6S/c1-2-32-20-11-15(10-19(26)23(20)33-14-22(28)29)12-21-24(30)27(25(31)34-21)13-17-8-5-7-16-6-3-4-9-18(16)17/h3-12H,2,13-14H2,1H3,(H,28,29)/b21-12-. The Morgan fingerprint density at radius 1 is 1.12 bits per heavy atom. The third-order valence-electron chi connectivity index (χ3n) is 5.05. The summed E-state index contributed by atoms with van der Waals surface area (Å²) in [5, 5.41) is 10.6. The predicted octanol–water partition coefficient (Wildman–Crippen LogP) is 5.54. The fourth-order valence-electron chi connectivity index (χ4n) is 3.60. The second kappa shape index (κ2) is 10.5. The summed E-state index contributed by atoms with van der Waals surface area (Å²) in [6.07, 6.45) is 1.64. The van der Waals surface area contributed by atoms with Crippen molar-refractivity contribution in [1.82, 2.24) is 4.90 Å². The van der Waals surface area contributed by atoms with E-state index in [1.807, 2.05) is 65.1 Å². The lowest BCUT2D eigenvalue weighted by Gasteiger charge is -2.14. The van der Waals surface area contributed by atoms with Gasteiger partial charge in [-0.1, -0.05) is 42.5 Å². The fraction of sp³-hybridized carbons (Fsp3) is 0.160. The molecular weight excluding hydrogens is 569 g/mol. The minimum Gasteiger partial charge on any atom is -0.490 e. The Labute approximate surface area is 213 Å². The number of halogens is 1. The molecular formula is C25H20INO6S. The molecule has 0 atom stereocenters. The Bertz CT molecular complexity index is 1320. The topological polar surface area (TPSA) is 93.1 Å². The number of hydrogen-bond donors (Lipinski definition) is 1. The first kappa shape index (κ1) is 24.1. The number of carboxylic acids is 1. The van der Waals surface area contributed by atoms with Crippen LogP contribution in [0.25, 0.3) is 16.8 Å². The molecule has 1 saturated heterocycles. The number of amides is 2. The first-order valence-electron chi connectivity index (χ1n) is 10.4. The van der Waals surface area contributed by atoms with Gasteiger partial charge in [-0.25, -0.2) is 4.79 Å². The van der Waals surface area contributed by atoms with Crippen molar-refractivity contribution in [2.24, 2.45) is 0 Å². The van der Waals surface area contributed by atoms with Gasteiger partial charge in [-0.3, -0.25) is 14.5 Å². The second-order valence-electron chi connectivity index (χ2n) is 7.35. The molecule has 0 radical (unpaired) electrons. The lowest BCUT2D eigenvalue weighted by atomic mass is 10.0. The fourth-order valence-corrected chi connectivity index (χ4v) is 5.22. The monoisotopic (exact) mass is 589 g/mol. The molecule has 0 bridgehead atoms. The molecule has 3 aromatic rings. The van der Waals surface area contributed by atoms with Crippen LogP contribution in [0.5, 0.6) is 11.5 Å². The third-order valence-corrected chi connectivity index (χ3v) is 6.76. The summed E-state index contributed by atoms with van der Waals surface area (Å²) in [6.45, 7) is 1.85. The van der Waals surface area contributed by atoms with Gasteiger partial charge in [0.2, 0.25) is 0 Å². The van der Waals surface area contributed by atoms with Crippen molar-refractivity contribution in [3.05, 3.63) is 74.2 Å². The van der Waals surface area contributed by atoms with E-state index >= 15 is 0 Å². The lowest BCUT2D eigenvalue weighted by molar-refractivity contribution is -0.139. The largest absolute Gasteiger partial charge is 0.490 e. The summed E-state index contributed by atoms with van der Waals surface area (Å²) in [7, 11) is 0. The van der Waals surface area contributed by atoms with Crippen LogP contribution in [0.2, 0.25) is 0 Å². The van der Waals surface area contributed by atoms with Crippen LogP contribution in [-0.2, 0) is 16.1 Å². The van der Waals surface area contributed by atoms with Crippen LogP contribution < -0.4 is 9.47 Å². The Morgan fingerprint density at radius 3 is 2.65 bits per heavy atom. The summed E-state index contributed by atoms with van der Waals surface area (Å²) >= 11 is 2.92. The van der Waals surface area contributed by atoms with E-state index in [-0.39, 0.29) is 17.7 Å². The molecule has 1 N–H and O–H groups in total. The molecule has 174 valence electrons. The van der Waals surface area contributed by atoms with Gasteiger partial charge in [0, 0.05) is 0 Å². The Hall–Kier alpha value is -3.05. The van der Waals surface area contributed by atoms with E-state index in [1.54, 1.807) is 25.1 Å². The number of imide groups is 1. The van der Waals surface area contributed by atoms with Crippen molar-refractivity contribution in [3.63, 3.8) is 0 Å². The van der Waals surface area contributed by atoms with Crippen LogP contribution in [0.4, 0.5) is 4.79 Å². The molecule has 1 heterocycles. The summed E-state index contributed by atoms with van der Waals surface area (Å²) in [6, 6.07) is 17.1. The maximum Gasteiger partial charge on any atom is 0.341 e. The van der Waals surface area contributed by atoms with Crippen molar-refractivity contribution >= 4 is 68.3 Å². The first-order chi connectivity index (χ1) is 16.4. The van der Waals surface area contributed by atoms with Crippen molar-refractivity contribution in [1.29, 1.82) is 0 Å². The summed E-state index contributed by atoms with van der Waals surface area (Å²) in [5.41, 5.74) is 1.54. The number of thioether (sulfide) groups is 1. The highest BCUT2D eigenvalue weighted by molar-refractivity contribution is 14.1. The number of rotatable bonds is 8. The summed E-state index contributed by atoms with van der Waals surface area (Å²) in [4.78, 5) is 38.2. The normalized spacial score (nSPS) is 14.8. The summed E-state index contributed by atoms with van der Waals surface area (Å²) in [5.74, 6) is -0.757. The zero-order valence-corrected chi connectivity index (χ0v) is 21.1. The number of benzene rings is 3. The van der Waals surface area contributed by atoms with Crippen molar-refractivity contribution in [2.45, 2.75) is 13.5 Å². The van der Waals surface area contributed by atoms with Gasteiger partial charge in [0.05, 0.1) is 21.6 Å². The average Bonchev–Trinajstić information content (AvgIpc) is 3.06. The van der Waals surface area contributed by atoms with Crippen LogP contribution >= 0.6 is 34.4 Å². The molecule has 1 fully saturated rings. The number of carbonyl (C=O) groups is 3. The molecule has 3 aromatic carbocycles. The van der Waals surface area contributed by atoms with Gasteiger partial charge in [-0.2, -0.15) is 0 Å². The van der Waals surface area contributed by atoms with Gasteiger partial charge in [-0.15, -0.1) is 0 Å². The zero-order chi connectivity index (χ0) is 24.2. The van der Waals surface area contributed by atoms with Crippen molar-refractivity contribution in [2.75, 3.05) is 13.2 Å². The Morgan fingerprint density at radius 2 is 1.88 bits per heavy atom. The van der Waals surface area contributed by atoms with Gasteiger partial charge in [-0.05, 0) is 81.4 Å².